The second-order valence-electron chi connectivity index (χ2n) is 8.66. The molecule has 0 unspecified atom stereocenters. The van der Waals surface area contributed by atoms with Crippen LogP contribution in [0.4, 0.5) is 5.69 Å². The number of hydrogen-bond acceptors (Lipinski definition) is 4. The van der Waals surface area contributed by atoms with Gasteiger partial charge in [0.2, 0.25) is 15.9 Å². The molecule has 0 saturated heterocycles. The van der Waals surface area contributed by atoms with Gasteiger partial charge in [0.05, 0.1) is 4.90 Å². The second kappa shape index (κ2) is 10.7. The summed E-state index contributed by atoms with van der Waals surface area (Å²) >= 11 is 0. The summed E-state index contributed by atoms with van der Waals surface area (Å²) in [5.41, 5.74) is 1.78. The van der Waals surface area contributed by atoms with Gasteiger partial charge < -0.3 is 10.6 Å². The fourth-order valence-electron chi connectivity index (χ4n) is 3.76. The van der Waals surface area contributed by atoms with Crippen LogP contribution in [0.2, 0.25) is 0 Å². The van der Waals surface area contributed by atoms with Crippen LogP contribution in [0.3, 0.4) is 0 Å². The first-order chi connectivity index (χ1) is 15.2. The van der Waals surface area contributed by atoms with E-state index >= 15 is 0 Å². The minimum atomic E-state index is -3.66. The summed E-state index contributed by atoms with van der Waals surface area (Å²) in [5, 5.41) is 5.67. The van der Waals surface area contributed by atoms with E-state index in [-0.39, 0.29) is 40.8 Å². The Hall–Kier alpha value is -2.71. The molecule has 0 aromatic heterocycles. The van der Waals surface area contributed by atoms with Gasteiger partial charge in [0, 0.05) is 30.3 Å². The van der Waals surface area contributed by atoms with Crippen LogP contribution in [0.5, 0.6) is 0 Å². The van der Waals surface area contributed by atoms with E-state index in [1.807, 2.05) is 32.0 Å². The number of carbonyl (C=O) groups is 2. The van der Waals surface area contributed by atoms with Crippen LogP contribution in [-0.4, -0.2) is 26.3 Å². The van der Waals surface area contributed by atoms with Gasteiger partial charge in [-0.1, -0.05) is 44.9 Å². The summed E-state index contributed by atoms with van der Waals surface area (Å²) < 4.78 is 28.0. The minimum absolute atomic E-state index is 0.0363. The summed E-state index contributed by atoms with van der Waals surface area (Å²) in [4.78, 5) is 24.7. The molecule has 1 aliphatic carbocycles. The average Bonchev–Trinajstić information content (AvgIpc) is 3.24. The molecule has 1 aliphatic rings. The number of benzene rings is 2. The maximum absolute atomic E-state index is 12.7. The van der Waals surface area contributed by atoms with Crippen molar-refractivity contribution in [2.75, 3.05) is 5.32 Å². The van der Waals surface area contributed by atoms with Gasteiger partial charge in [0.1, 0.15) is 0 Å². The quantitative estimate of drug-likeness (QED) is 0.532. The summed E-state index contributed by atoms with van der Waals surface area (Å²) in [6, 6.07) is 13.3. The lowest BCUT2D eigenvalue weighted by atomic mass is 10.1. The molecule has 0 radical (unpaired) electrons. The van der Waals surface area contributed by atoms with Crippen molar-refractivity contribution in [3.63, 3.8) is 0 Å². The van der Waals surface area contributed by atoms with E-state index in [0.29, 0.717) is 12.1 Å². The Morgan fingerprint density at radius 3 is 2.47 bits per heavy atom. The third-order valence-electron chi connectivity index (χ3n) is 5.34. The SMILES string of the molecule is CC(C)CC(=O)Nc1cccc(CNC(=O)c2cccc(S(=O)(=O)NC3CCCC3)c2)c1. The Bertz CT molecular complexity index is 1060. The average molecular weight is 458 g/mol. The Morgan fingerprint density at radius 1 is 1.03 bits per heavy atom. The molecule has 3 N–H and O–H groups in total. The molecule has 2 aromatic carbocycles. The minimum Gasteiger partial charge on any atom is -0.348 e. The van der Waals surface area contributed by atoms with Gasteiger partial charge in [-0.05, 0) is 54.7 Å². The van der Waals surface area contributed by atoms with E-state index in [0.717, 1.165) is 31.2 Å². The van der Waals surface area contributed by atoms with Crippen LogP contribution in [0.15, 0.2) is 53.4 Å². The molecule has 3 rings (SSSR count). The van der Waals surface area contributed by atoms with Crippen molar-refractivity contribution in [2.45, 2.75) is 63.4 Å². The third kappa shape index (κ3) is 6.90. The molecule has 0 aliphatic heterocycles. The smallest absolute Gasteiger partial charge is 0.251 e. The zero-order valence-corrected chi connectivity index (χ0v) is 19.4. The number of hydrogen-bond donors (Lipinski definition) is 3. The second-order valence-corrected chi connectivity index (χ2v) is 10.4. The van der Waals surface area contributed by atoms with Gasteiger partial charge in [0.25, 0.3) is 5.91 Å². The molecule has 2 amide bonds. The summed E-state index contributed by atoms with van der Waals surface area (Å²) in [5.74, 6) is -0.145. The van der Waals surface area contributed by atoms with E-state index in [1.54, 1.807) is 18.2 Å². The van der Waals surface area contributed by atoms with Crippen molar-refractivity contribution in [2.24, 2.45) is 5.92 Å². The third-order valence-corrected chi connectivity index (χ3v) is 6.86. The fraction of sp³-hybridized carbons (Fsp3) is 0.417. The zero-order chi connectivity index (χ0) is 23.1. The molecule has 8 heteroatoms. The summed E-state index contributed by atoms with van der Waals surface area (Å²) in [6.45, 7) is 4.22. The zero-order valence-electron chi connectivity index (χ0n) is 18.6. The molecule has 0 spiro atoms. The number of nitrogens with one attached hydrogen (secondary N) is 3. The Labute approximate surface area is 190 Å². The Balaban J connectivity index is 1.61. The first-order valence-electron chi connectivity index (χ1n) is 11.0. The van der Waals surface area contributed by atoms with E-state index in [9.17, 15) is 18.0 Å². The number of anilines is 1. The number of carbonyl (C=O) groups excluding carboxylic acids is 2. The normalized spacial score (nSPS) is 14.5. The molecule has 0 heterocycles. The highest BCUT2D eigenvalue weighted by molar-refractivity contribution is 7.89. The van der Waals surface area contributed by atoms with Gasteiger partial charge in [-0.25, -0.2) is 13.1 Å². The van der Waals surface area contributed by atoms with Gasteiger partial charge in [0.15, 0.2) is 0 Å². The predicted molar refractivity (Wildman–Crippen MR) is 125 cm³/mol. The number of amides is 2. The van der Waals surface area contributed by atoms with Crippen LogP contribution in [-0.2, 0) is 21.4 Å². The van der Waals surface area contributed by atoms with Gasteiger partial charge >= 0.3 is 0 Å². The molecule has 7 nitrogen and oxygen atoms in total. The fourth-order valence-corrected chi connectivity index (χ4v) is 5.11. The molecular formula is C24H31N3O4S. The topological polar surface area (TPSA) is 104 Å². The van der Waals surface area contributed by atoms with Crippen LogP contribution >= 0.6 is 0 Å². The van der Waals surface area contributed by atoms with E-state index in [1.165, 1.54) is 12.1 Å². The first-order valence-corrected chi connectivity index (χ1v) is 12.5. The highest BCUT2D eigenvalue weighted by atomic mass is 32.2. The van der Waals surface area contributed by atoms with Crippen LogP contribution in [0.1, 0.15) is 61.9 Å². The van der Waals surface area contributed by atoms with Crippen LogP contribution < -0.4 is 15.4 Å². The highest BCUT2D eigenvalue weighted by Crippen LogP contribution is 2.21. The van der Waals surface area contributed by atoms with Gasteiger partial charge in [-0.3, -0.25) is 9.59 Å². The summed E-state index contributed by atoms with van der Waals surface area (Å²) in [7, 11) is -3.66. The number of sulfonamides is 1. The highest BCUT2D eigenvalue weighted by Gasteiger charge is 2.23. The monoisotopic (exact) mass is 457 g/mol. The Kier molecular flexibility index (Phi) is 8.04. The first kappa shape index (κ1) is 23.9. The summed E-state index contributed by atoms with van der Waals surface area (Å²) in [6.07, 6.45) is 4.18. The van der Waals surface area contributed by atoms with E-state index in [4.69, 9.17) is 0 Å². The maximum Gasteiger partial charge on any atom is 0.251 e. The molecule has 1 fully saturated rings. The van der Waals surface area contributed by atoms with Crippen molar-refractivity contribution < 1.29 is 18.0 Å². The lowest BCUT2D eigenvalue weighted by molar-refractivity contribution is -0.116. The van der Waals surface area contributed by atoms with E-state index < -0.39 is 10.0 Å². The molecule has 32 heavy (non-hydrogen) atoms. The van der Waals surface area contributed by atoms with E-state index in [2.05, 4.69) is 15.4 Å². The maximum atomic E-state index is 12.7. The molecular weight excluding hydrogens is 426 g/mol. The number of rotatable bonds is 9. The molecule has 2 aromatic rings. The van der Waals surface area contributed by atoms with Crippen molar-refractivity contribution in [3.05, 3.63) is 59.7 Å². The van der Waals surface area contributed by atoms with Crippen LogP contribution in [0.25, 0.3) is 0 Å². The Morgan fingerprint density at radius 2 is 1.75 bits per heavy atom. The predicted octanol–water partition coefficient (Wildman–Crippen LogP) is 3.82. The van der Waals surface area contributed by atoms with Crippen molar-refractivity contribution >= 4 is 27.5 Å². The van der Waals surface area contributed by atoms with Gasteiger partial charge in [-0.2, -0.15) is 0 Å². The lowest BCUT2D eigenvalue weighted by Crippen LogP contribution is -2.32. The molecule has 1 saturated carbocycles. The van der Waals surface area contributed by atoms with Crippen molar-refractivity contribution in [1.82, 2.24) is 10.0 Å². The standard InChI is InChI=1S/C24H31N3O4S/c1-17(2)13-23(28)26-21-11-5-7-18(14-21)16-25-24(29)19-8-6-12-22(15-19)32(30,31)27-20-9-3-4-10-20/h5-8,11-12,14-15,17,20,27H,3-4,9-10,13,16H2,1-2H3,(H,25,29)(H,26,28). The largest absolute Gasteiger partial charge is 0.348 e. The lowest BCUT2D eigenvalue weighted by Gasteiger charge is -2.13. The van der Waals surface area contributed by atoms with Crippen molar-refractivity contribution in [3.8, 4) is 0 Å². The molecule has 0 atom stereocenters. The molecule has 172 valence electrons. The van der Waals surface area contributed by atoms with Crippen LogP contribution in [0, 0.1) is 5.92 Å². The van der Waals surface area contributed by atoms with Crippen molar-refractivity contribution in [1.29, 1.82) is 0 Å². The molecule has 0 bridgehead atoms. The van der Waals surface area contributed by atoms with Gasteiger partial charge in [-0.15, -0.1) is 0 Å².